The van der Waals surface area contributed by atoms with Gasteiger partial charge in [-0.05, 0) is 86.0 Å². The normalized spacial score (nSPS) is 28.1. The van der Waals surface area contributed by atoms with E-state index in [1.54, 1.807) is 6.08 Å². The fourth-order valence-corrected chi connectivity index (χ4v) is 3.36. The fraction of sp³-hybridized carbons (Fsp3) is 0.850. The van der Waals surface area contributed by atoms with Gasteiger partial charge in [0.15, 0.2) is 0 Å². The van der Waals surface area contributed by atoms with Gasteiger partial charge in [0.05, 0.1) is 11.2 Å². The number of nitrogens with one attached hydrogen (secondary N) is 1. The van der Waals surface area contributed by atoms with E-state index < -0.39 is 23.9 Å². The molecule has 27 heavy (non-hydrogen) atoms. The second-order valence-electron chi connectivity index (χ2n) is 9.80. The second-order valence-corrected chi connectivity index (χ2v) is 9.80. The van der Waals surface area contributed by atoms with E-state index in [1.807, 2.05) is 48.5 Å². The van der Waals surface area contributed by atoms with Crippen molar-refractivity contribution in [2.75, 3.05) is 6.54 Å². The van der Waals surface area contributed by atoms with Gasteiger partial charge in [-0.1, -0.05) is 6.08 Å². The Morgan fingerprint density at radius 2 is 1.67 bits per heavy atom. The number of hydrogen-bond acceptors (Lipinski definition) is 4. The topological polar surface area (TPSA) is 56.8 Å². The molecule has 0 spiro atoms. The number of halogens is 1. The minimum Gasteiger partial charge on any atom is -0.444 e. The second kappa shape index (κ2) is 8.12. The van der Waals surface area contributed by atoms with Gasteiger partial charge in [-0.3, -0.25) is 0 Å². The van der Waals surface area contributed by atoms with Crippen LogP contribution in [0.25, 0.3) is 0 Å². The van der Waals surface area contributed by atoms with Crippen molar-refractivity contribution in [1.82, 2.24) is 5.32 Å². The summed E-state index contributed by atoms with van der Waals surface area (Å²) in [5.74, 6) is 0.587. The van der Waals surface area contributed by atoms with Gasteiger partial charge in [-0.2, -0.15) is 0 Å². The lowest BCUT2D eigenvalue weighted by Crippen LogP contribution is -2.41. The van der Waals surface area contributed by atoms with Crippen molar-refractivity contribution in [2.45, 2.75) is 91.0 Å². The highest BCUT2D eigenvalue weighted by atomic mass is 19.1. The summed E-state index contributed by atoms with van der Waals surface area (Å²) < 4.78 is 31.4. The zero-order chi connectivity index (χ0) is 20.5. The molecule has 1 aliphatic carbocycles. The van der Waals surface area contributed by atoms with E-state index in [0.717, 1.165) is 25.7 Å². The molecule has 2 aliphatic rings. The monoisotopic (exact) mass is 383 g/mol. The average molecular weight is 383 g/mol. The van der Waals surface area contributed by atoms with Crippen LogP contribution in [0, 0.1) is 11.8 Å². The van der Waals surface area contributed by atoms with Crippen LogP contribution in [-0.2, 0) is 14.0 Å². The van der Waals surface area contributed by atoms with Gasteiger partial charge in [-0.25, -0.2) is 9.18 Å². The molecule has 1 heterocycles. The van der Waals surface area contributed by atoms with Crippen molar-refractivity contribution in [2.24, 2.45) is 11.8 Å². The van der Waals surface area contributed by atoms with Crippen molar-refractivity contribution in [3.8, 4) is 0 Å². The van der Waals surface area contributed by atoms with Crippen LogP contribution in [-0.4, -0.2) is 36.6 Å². The first-order valence-electron chi connectivity index (χ1n) is 9.99. The van der Waals surface area contributed by atoms with Crippen molar-refractivity contribution in [3.63, 3.8) is 0 Å². The molecule has 0 aromatic heterocycles. The molecule has 0 aromatic carbocycles. The number of hydrogen-bond donors (Lipinski definition) is 1. The van der Waals surface area contributed by atoms with Gasteiger partial charge in [0.2, 0.25) is 0 Å². The van der Waals surface area contributed by atoms with Gasteiger partial charge >= 0.3 is 13.2 Å². The zero-order valence-electron chi connectivity index (χ0n) is 17.9. The first-order valence-corrected chi connectivity index (χ1v) is 9.99. The van der Waals surface area contributed by atoms with Crippen LogP contribution in [0.5, 0.6) is 0 Å². The van der Waals surface area contributed by atoms with E-state index in [0.29, 0.717) is 12.5 Å². The number of allylic oxidation sites excluding steroid dienone is 1. The quantitative estimate of drug-likeness (QED) is 0.709. The van der Waals surface area contributed by atoms with Crippen LogP contribution in [0.1, 0.15) is 74.1 Å². The van der Waals surface area contributed by atoms with E-state index in [-0.39, 0.29) is 17.7 Å². The smallest absolute Gasteiger partial charge is 0.444 e. The number of carbonyl (C=O) groups is 1. The molecule has 0 unspecified atom stereocenters. The lowest BCUT2D eigenvalue weighted by molar-refractivity contribution is 0.00578. The summed E-state index contributed by atoms with van der Waals surface area (Å²) >= 11 is 0. The van der Waals surface area contributed by atoms with Gasteiger partial charge < -0.3 is 19.4 Å². The third kappa shape index (κ3) is 6.21. The Bertz CT molecular complexity index is 547. The van der Waals surface area contributed by atoms with Crippen LogP contribution < -0.4 is 5.32 Å². The van der Waals surface area contributed by atoms with Crippen LogP contribution in [0.3, 0.4) is 0 Å². The number of carbonyl (C=O) groups excluding carboxylic acids is 1. The maximum Gasteiger partial charge on any atom is 0.524 e. The minimum absolute atomic E-state index is 0.182. The Labute approximate surface area is 163 Å². The molecule has 0 atom stereocenters. The Morgan fingerprint density at radius 3 is 2.15 bits per heavy atom. The van der Waals surface area contributed by atoms with E-state index >= 15 is 0 Å². The molecular weight excluding hydrogens is 348 g/mol. The predicted molar refractivity (Wildman–Crippen MR) is 105 cm³/mol. The van der Waals surface area contributed by atoms with Gasteiger partial charge in [0.25, 0.3) is 0 Å². The molecule has 1 amide bonds. The molecule has 0 bridgehead atoms. The molecule has 1 N–H and O–H groups in total. The SMILES string of the molecule is CC(C)(C)OC(=O)NCC1CCC(C=C(F)B2OC(C)(C)C(C)(C)O2)CC1. The van der Waals surface area contributed by atoms with Crippen LogP contribution in [0.2, 0.25) is 0 Å². The van der Waals surface area contributed by atoms with Crippen molar-refractivity contribution >= 4 is 13.2 Å². The Morgan fingerprint density at radius 1 is 1.15 bits per heavy atom. The summed E-state index contributed by atoms with van der Waals surface area (Å²) in [6.45, 7) is 13.8. The van der Waals surface area contributed by atoms with Crippen LogP contribution in [0.4, 0.5) is 9.18 Å². The molecule has 1 saturated carbocycles. The third-order valence-corrected chi connectivity index (χ3v) is 5.70. The number of ether oxygens (including phenoxy) is 1. The molecule has 5 nitrogen and oxygen atoms in total. The summed E-state index contributed by atoms with van der Waals surface area (Å²) in [7, 11) is -0.915. The van der Waals surface area contributed by atoms with E-state index in [1.165, 1.54) is 0 Å². The first kappa shape index (κ1) is 22.2. The standard InChI is InChI=1S/C20H35BFNO4/c1-18(2,3)25-17(24)23-13-15-10-8-14(9-11-15)12-16(22)21-26-19(4,5)20(6,7)27-21/h12,14-15H,8-11,13H2,1-7H3,(H,23,24). The summed E-state index contributed by atoms with van der Waals surface area (Å²) in [6.07, 6.45) is 4.98. The minimum atomic E-state index is -0.915. The third-order valence-electron chi connectivity index (χ3n) is 5.70. The lowest BCUT2D eigenvalue weighted by Gasteiger charge is -2.32. The Balaban J connectivity index is 1.77. The highest BCUT2D eigenvalue weighted by molar-refractivity contribution is 6.53. The molecule has 1 saturated heterocycles. The molecule has 0 aromatic rings. The number of alkyl carbamates (subject to hydrolysis) is 1. The molecule has 1 aliphatic heterocycles. The van der Waals surface area contributed by atoms with Crippen molar-refractivity contribution in [1.29, 1.82) is 0 Å². The van der Waals surface area contributed by atoms with E-state index in [2.05, 4.69) is 5.32 Å². The zero-order valence-corrected chi connectivity index (χ0v) is 17.9. The molecule has 154 valence electrons. The van der Waals surface area contributed by atoms with Gasteiger partial charge in [-0.15, -0.1) is 0 Å². The van der Waals surface area contributed by atoms with Gasteiger partial charge in [0, 0.05) is 6.54 Å². The van der Waals surface area contributed by atoms with Crippen molar-refractivity contribution in [3.05, 3.63) is 11.8 Å². The molecular formula is C20H35BFNO4. The highest BCUT2D eigenvalue weighted by Crippen LogP contribution is 2.39. The molecule has 2 rings (SSSR count). The molecule has 0 radical (unpaired) electrons. The predicted octanol–water partition coefficient (Wildman–Crippen LogP) is 4.80. The van der Waals surface area contributed by atoms with Crippen LogP contribution >= 0.6 is 0 Å². The average Bonchev–Trinajstić information content (AvgIpc) is 2.73. The summed E-state index contributed by atoms with van der Waals surface area (Å²) in [4.78, 5) is 11.7. The number of rotatable bonds is 4. The summed E-state index contributed by atoms with van der Waals surface area (Å²) in [5, 5.41) is 2.84. The fourth-order valence-electron chi connectivity index (χ4n) is 3.36. The summed E-state index contributed by atoms with van der Waals surface area (Å²) in [6, 6.07) is 0. The van der Waals surface area contributed by atoms with Crippen LogP contribution in [0.15, 0.2) is 11.8 Å². The maximum atomic E-state index is 14.6. The summed E-state index contributed by atoms with van der Waals surface area (Å²) in [5.41, 5.74) is -1.89. The molecule has 7 heteroatoms. The van der Waals surface area contributed by atoms with E-state index in [4.69, 9.17) is 14.0 Å². The van der Waals surface area contributed by atoms with Gasteiger partial charge in [0.1, 0.15) is 11.3 Å². The van der Waals surface area contributed by atoms with E-state index in [9.17, 15) is 9.18 Å². The number of amides is 1. The molecule has 2 fully saturated rings. The highest BCUT2D eigenvalue weighted by Gasteiger charge is 2.53. The largest absolute Gasteiger partial charge is 0.524 e. The first-order chi connectivity index (χ1) is 12.3. The maximum absolute atomic E-state index is 14.6. The van der Waals surface area contributed by atoms with Crippen molar-refractivity contribution < 1.29 is 23.2 Å². The Hall–Kier alpha value is -1.08. The lowest BCUT2D eigenvalue weighted by atomic mass is 9.78. The Kier molecular flexibility index (Phi) is 6.68.